The molecule has 180 valence electrons. The highest BCUT2D eigenvalue weighted by Gasteiger charge is 2.19. The number of esters is 1. The maximum absolute atomic E-state index is 14.1. The Kier molecular flexibility index (Phi) is 8.12. The van der Waals surface area contributed by atoms with Gasteiger partial charge in [-0.3, -0.25) is 4.68 Å². The predicted molar refractivity (Wildman–Crippen MR) is 142 cm³/mol. The number of benzene rings is 2. The Bertz CT molecular complexity index is 1320. The van der Waals surface area contributed by atoms with Crippen LogP contribution in [0, 0.1) is 5.82 Å². The van der Waals surface area contributed by atoms with Gasteiger partial charge in [-0.05, 0) is 42.9 Å². The molecular weight excluding hydrogens is 507 g/mol. The van der Waals surface area contributed by atoms with E-state index in [1.165, 1.54) is 17.4 Å². The van der Waals surface area contributed by atoms with Gasteiger partial charge in [0, 0.05) is 28.1 Å². The highest BCUT2D eigenvalue weighted by atomic mass is 35.5. The van der Waals surface area contributed by atoms with Gasteiger partial charge in [0.05, 0.1) is 30.6 Å². The molecule has 0 aliphatic heterocycles. The number of nitrogens with one attached hydrogen (secondary N) is 2. The molecule has 0 bridgehead atoms. The molecule has 0 saturated carbocycles. The number of rotatable bonds is 8. The van der Waals surface area contributed by atoms with Gasteiger partial charge in [0.25, 0.3) is 0 Å². The number of ether oxygens (including phenoxy) is 1. The fraction of sp³-hybridized carbons (Fsp3) is 0.160. The maximum atomic E-state index is 14.1. The summed E-state index contributed by atoms with van der Waals surface area (Å²) in [4.78, 5) is 13.5. The van der Waals surface area contributed by atoms with Gasteiger partial charge in [-0.25, -0.2) is 9.18 Å². The summed E-state index contributed by atoms with van der Waals surface area (Å²) in [5.41, 5.74) is 2.53. The average Bonchev–Trinajstić information content (AvgIpc) is 3.43. The van der Waals surface area contributed by atoms with Crippen LogP contribution in [0.5, 0.6) is 0 Å². The Labute approximate surface area is 216 Å². The summed E-state index contributed by atoms with van der Waals surface area (Å²) >= 11 is 13.0. The second-order valence-corrected chi connectivity index (χ2v) is 9.50. The molecule has 0 aliphatic rings. The molecule has 0 radical (unpaired) electrons. The second-order valence-electron chi connectivity index (χ2n) is 7.54. The lowest BCUT2D eigenvalue weighted by Gasteiger charge is -2.09. The molecule has 0 unspecified atom stereocenters. The molecule has 0 atom stereocenters. The van der Waals surface area contributed by atoms with E-state index >= 15 is 0 Å². The number of anilines is 2. The summed E-state index contributed by atoms with van der Waals surface area (Å²) in [6.07, 6.45) is 3.95. The van der Waals surface area contributed by atoms with E-state index in [0.717, 1.165) is 10.4 Å². The lowest BCUT2D eigenvalue weighted by atomic mass is 10.1. The van der Waals surface area contributed by atoms with E-state index in [9.17, 15) is 9.18 Å². The number of hydrogen-bond acceptors (Lipinski definition) is 5. The molecule has 2 heterocycles. The van der Waals surface area contributed by atoms with Crippen LogP contribution in [0.3, 0.4) is 0 Å². The van der Waals surface area contributed by atoms with Crippen molar-refractivity contribution in [3.63, 3.8) is 0 Å². The first-order valence-electron chi connectivity index (χ1n) is 10.8. The van der Waals surface area contributed by atoms with Crippen LogP contribution in [-0.4, -0.2) is 27.5 Å². The van der Waals surface area contributed by atoms with Crippen molar-refractivity contribution in [2.75, 3.05) is 17.2 Å². The van der Waals surface area contributed by atoms with Gasteiger partial charge in [-0.15, -0.1) is 11.3 Å². The van der Waals surface area contributed by atoms with Gasteiger partial charge in [-0.2, -0.15) is 5.10 Å². The smallest absolute Gasteiger partial charge is 0.341 e. The Morgan fingerprint density at radius 3 is 2.74 bits per heavy atom. The topological polar surface area (TPSA) is 68.2 Å². The minimum absolute atomic E-state index is 0.175. The van der Waals surface area contributed by atoms with Gasteiger partial charge < -0.3 is 15.4 Å². The zero-order valence-electron chi connectivity index (χ0n) is 18.8. The third kappa shape index (κ3) is 6.45. The Hall–Kier alpha value is -3.27. The summed E-state index contributed by atoms with van der Waals surface area (Å²) in [7, 11) is 0. The molecule has 0 aliphatic carbocycles. The lowest BCUT2D eigenvalue weighted by Crippen LogP contribution is -2.19. The first kappa shape index (κ1) is 24.8. The monoisotopic (exact) mass is 528 g/mol. The van der Waals surface area contributed by atoms with Crippen LogP contribution >= 0.6 is 35.2 Å². The fourth-order valence-corrected chi connectivity index (χ4v) is 5.00. The van der Waals surface area contributed by atoms with E-state index in [2.05, 4.69) is 15.7 Å². The average molecular weight is 529 g/mol. The summed E-state index contributed by atoms with van der Waals surface area (Å²) in [6.45, 7) is 2.21. The number of aromatic nitrogens is 2. The van der Waals surface area contributed by atoms with Crippen molar-refractivity contribution in [1.82, 2.24) is 9.78 Å². The number of carbonyl (C=O) groups is 1. The number of thiophene rings is 1. The standard InChI is InChI=1S/C25H22ClFN4O2S2/c1-2-33-24(32)19-12-18(11-16-7-4-3-5-8-16)35-23(19)30-25(34)29-17-13-28-31(14-17)15-20-21(26)9-6-10-22(20)27/h3-10,12-14H,2,11,15H2,1H3,(H2,29,30,34). The van der Waals surface area contributed by atoms with Crippen LogP contribution in [0.15, 0.2) is 67.0 Å². The molecule has 2 aromatic carbocycles. The van der Waals surface area contributed by atoms with Crippen LogP contribution in [0.25, 0.3) is 0 Å². The van der Waals surface area contributed by atoms with Crippen LogP contribution in [0.1, 0.15) is 33.3 Å². The molecule has 2 aromatic heterocycles. The molecule has 0 amide bonds. The number of nitrogens with zero attached hydrogens (tertiary/aromatic N) is 2. The largest absolute Gasteiger partial charge is 0.462 e. The minimum atomic E-state index is -0.414. The molecule has 6 nitrogen and oxygen atoms in total. The van der Waals surface area contributed by atoms with Crippen molar-refractivity contribution in [3.05, 3.63) is 99.4 Å². The molecule has 35 heavy (non-hydrogen) atoms. The van der Waals surface area contributed by atoms with Crippen molar-refractivity contribution in [2.24, 2.45) is 0 Å². The van der Waals surface area contributed by atoms with Crippen molar-refractivity contribution in [2.45, 2.75) is 19.9 Å². The Morgan fingerprint density at radius 2 is 2.00 bits per heavy atom. The molecule has 10 heteroatoms. The van der Waals surface area contributed by atoms with Crippen LogP contribution < -0.4 is 10.6 Å². The molecule has 0 spiro atoms. The van der Waals surface area contributed by atoms with E-state index in [-0.39, 0.29) is 18.3 Å². The van der Waals surface area contributed by atoms with E-state index in [4.69, 9.17) is 28.6 Å². The summed E-state index contributed by atoms with van der Waals surface area (Å²) in [5.74, 6) is -0.807. The van der Waals surface area contributed by atoms with Crippen molar-refractivity contribution in [1.29, 1.82) is 0 Å². The number of carbonyl (C=O) groups excluding carboxylic acids is 1. The summed E-state index contributed by atoms with van der Waals surface area (Å²) < 4.78 is 20.9. The van der Waals surface area contributed by atoms with Gasteiger partial charge >= 0.3 is 5.97 Å². The number of halogens is 2. The van der Waals surface area contributed by atoms with E-state index in [1.54, 1.807) is 36.1 Å². The zero-order chi connectivity index (χ0) is 24.8. The minimum Gasteiger partial charge on any atom is -0.462 e. The molecule has 0 fully saturated rings. The SMILES string of the molecule is CCOC(=O)c1cc(Cc2ccccc2)sc1NC(=S)Nc1cnn(Cc2c(F)cccc2Cl)c1. The number of thiocarbonyl (C=S) groups is 1. The second kappa shape index (κ2) is 11.4. The molecule has 2 N–H and O–H groups in total. The molecule has 0 saturated heterocycles. The van der Waals surface area contributed by atoms with E-state index in [1.807, 2.05) is 36.4 Å². The van der Waals surface area contributed by atoms with Crippen LogP contribution in [0.4, 0.5) is 15.1 Å². The first-order valence-corrected chi connectivity index (χ1v) is 12.4. The summed E-state index contributed by atoms with van der Waals surface area (Å²) in [5, 5.41) is 11.6. The lowest BCUT2D eigenvalue weighted by molar-refractivity contribution is 0.0528. The molecule has 4 rings (SSSR count). The predicted octanol–water partition coefficient (Wildman–Crippen LogP) is 6.36. The Morgan fingerprint density at radius 1 is 1.20 bits per heavy atom. The third-order valence-corrected chi connectivity index (χ3v) is 6.61. The summed E-state index contributed by atoms with van der Waals surface area (Å²) in [6, 6.07) is 16.4. The first-order chi connectivity index (χ1) is 16.9. The van der Waals surface area contributed by atoms with Gasteiger partial charge in [0.1, 0.15) is 10.8 Å². The van der Waals surface area contributed by atoms with Crippen LogP contribution in [0.2, 0.25) is 5.02 Å². The number of hydrogen-bond donors (Lipinski definition) is 2. The van der Waals surface area contributed by atoms with Crippen molar-refractivity contribution >= 4 is 56.9 Å². The highest BCUT2D eigenvalue weighted by molar-refractivity contribution is 7.80. The van der Waals surface area contributed by atoms with Gasteiger partial charge in [0.2, 0.25) is 0 Å². The molecule has 4 aromatic rings. The third-order valence-electron chi connectivity index (χ3n) is 5.00. The van der Waals surface area contributed by atoms with Crippen molar-refractivity contribution in [3.8, 4) is 0 Å². The van der Waals surface area contributed by atoms with E-state index in [0.29, 0.717) is 33.3 Å². The maximum Gasteiger partial charge on any atom is 0.341 e. The van der Waals surface area contributed by atoms with Gasteiger partial charge in [0.15, 0.2) is 5.11 Å². The highest BCUT2D eigenvalue weighted by Crippen LogP contribution is 2.31. The van der Waals surface area contributed by atoms with Crippen LogP contribution in [-0.2, 0) is 17.7 Å². The Balaban J connectivity index is 1.46. The fourth-order valence-electron chi connectivity index (χ4n) is 3.40. The molecular formula is C25H22ClFN4O2S2. The van der Waals surface area contributed by atoms with Gasteiger partial charge in [-0.1, -0.05) is 48.0 Å². The zero-order valence-corrected chi connectivity index (χ0v) is 21.1. The quantitative estimate of drug-likeness (QED) is 0.205. The van der Waals surface area contributed by atoms with E-state index < -0.39 is 11.8 Å². The van der Waals surface area contributed by atoms with Crippen molar-refractivity contribution < 1.29 is 13.9 Å². The normalized spacial score (nSPS) is 10.7.